The smallest absolute Gasteiger partial charge is 0.175 e. The second kappa shape index (κ2) is 6.71. The molecule has 4 rings (SSSR count). The van der Waals surface area contributed by atoms with E-state index in [1.807, 2.05) is 54.6 Å². The first-order valence-corrected chi connectivity index (χ1v) is 9.96. The Morgan fingerprint density at radius 2 is 1.56 bits per heavy atom. The molecule has 0 amide bonds. The van der Waals surface area contributed by atoms with E-state index in [0.717, 1.165) is 14.7 Å². The average molecular weight is 374 g/mol. The number of rotatable bonds is 3. The largest absolute Gasteiger partial charge is 0.295 e. The van der Waals surface area contributed by atoms with E-state index in [-0.39, 0.29) is 23.3 Å². The van der Waals surface area contributed by atoms with Crippen LogP contribution < -0.4 is 0 Å². The maximum atomic E-state index is 13.1. The molecule has 1 aliphatic heterocycles. The number of fused-ring (bicyclic) bond motifs is 2. The number of benzene rings is 2. The van der Waals surface area contributed by atoms with Crippen LogP contribution in [0.3, 0.4) is 0 Å². The van der Waals surface area contributed by atoms with Gasteiger partial charge in [0.2, 0.25) is 0 Å². The molecule has 2 aliphatic rings. The van der Waals surface area contributed by atoms with E-state index in [9.17, 15) is 14.4 Å². The van der Waals surface area contributed by atoms with Gasteiger partial charge >= 0.3 is 0 Å². The third-order valence-electron chi connectivity index (χ3n) is 4.87. The van der Waals surface area contributed by atoms with Crippen LogP contribution in [0.25, 0.3) is 0 Å². The van der Waals surface area contributed by atoms with Gasteiger partial charge in [-0.3, -0.25) is 14.4 Å². The van der Waals surface area contributed by atoms with Crippen molar-refractivity contribution < 1.29 is 14.4 Å². The molecule has 0 N–H and O–H groups in total. The van der Waals surface area contributed by atoms with E-state index in [2.05, 4.69) is 0 Å². The number of carbonyl (C=O) groups excluding carboxylic acids is 3. The molecule has 134 valence electrons. The molecule has 0 saturated carbocycles. The van der Waals surface area contributed by atoms with Crippen LogP contribution in [0.5, 0.6) is 0 Å². The lowest BCUT2D eigenvalue weighted by Crippen LogP contribution is -2.27. The number of carbonyl (C=O) groups is 3. The number of hydrogen-bond donors (Lipinski definition) is 0. The Bertz CT molecular complexity index is 1090. The van der Waals surface area contributed by atoms with E-state index in [4.69, 9.17) is 0 Å². The highest BCUT2D eigenvalue weighted by Gasteiger charge is 2.33. The molecule has 2 aromatic rings. The fourth-order valence-corrected chi connectivity index (χ4v) is 5.86. The van der Waals surface area contributed by atoms with E-state index in [0.29, 0.717) is 16.7 Å². The van der Waals surface area contributed by atoms with Crippen molar-refractivity contribution in [2.75, 3.05) is 0 Å². The van der Waals surface area contributed by atoms with Gasteiger partial charge in [-0.15, -0.1) is 10.5 Å². The molecule has 0 fully saturated rings. The SMILES string of the molecule is CC(=O)c1ccc(S2=C3C=CC=CC3C(=O)c3cc(C(C)=O)ccc32)cc1. The second-order valence-corrected chi connectivity index (χ2v) is 8.64. The summed E-state index contributed by atoms with van der Waals surface area (Å²) in [6.45, 7) is 3.06. The Morgan fingerprint density at radius 1 is 0.889 bits per heavy atom. The van der Waals surface area contributed by atoms with E-state index in [1.165, 1.54) is 6.92 Å². The monoisotopic (exact) mass is 374 g/mol. The topological polar surface area (TPSA) is 51.2 Å². The van der Waals surface area contributed by atoms with Gasteiger partial charge in [0.15, 0.2) is 17.3 Å². The summed E-state index contributed by atoms with van der Waals surface area (Å²) in [7, 11) is -0.428. The summed E-state index contributed by atoms with van der Waals surface area (Å²) in [6, 6.07) is 13.0. The van der Waals surface area contributed by atoms with Gasteiger partial charge in [-0.1, -0.05) is 42.5 Å². The molecule has 1 aliphatic carbocycles. The van der Waals surface area contributed by atoms with Crippen LogP contribution in [0.1, 0.15) is 44.9 Å². The Hall–Kier alpha value is -2.85. The highest BCUT2D eigenvalue weighted by molar-refractivity contribution is 8.16. The van der Waals surface area contributed by atoms with Crippen LogP contribution in [0.2, 0.25) is 0 Å². The summed E-state index contributed by atoms with van der Waals surface area (Å²) in [5, 5.41) is 0. The van der Waals surface area contributed by atoms with Crippen molar-refractivity contribution in [3.05, 3.63) is 83.5 Å². The van der Waals surface area contributed by atoms with Crippen molar-refractivity contribution in [1.82, 2.24) is 0 Å². The Balaban J connectivity index is 1.96. The van der Waals surface area contributed by atoms with E-state index in [1.54, 1.807) is 19.1 Å². The lowest BCUT2D eigenvalue weighted by atomic mass is 9.90. The lowest BCUT2D eigenvalue weighted by Gasteiger charge is -2.29. The molecule has 0 spiro atoms. The van der Waals surface area contributed by atoms with Crippen LogP contribution >= 0.6 is 10.5 Å². The number of hydrogen-bond acceptors (Lipinski definition) is 3. The summed E-state index contributed by atoms with van der Waals surface area (Å²) in [5.41, 5.74) is 1.84. The first-order chi connectivity index (χ1) is 13.0. The van der Waals surface area contributed by atoms with Crippen LogP contribution in [0.4, 0.5) is 0 Å². The van der Waals surface area contributed by atoms with Crippen LogP contribution in [0.15, 0.2) is 76.6 Å². The number of ketones is 3. The third kappa shape index (κ3) is 2.96. The summed E-state index contributed by atoms with van der Waals surface area (Å²) in [4.78, 5) is 39.5. The Morgan fingerprint density at radius 3 is 2.22 bits per heavy atom. The zero-order valence-corrected chi connectivity index (χ0v) is 15.9. The summed E-state index contributed by atoms with van der Waals surface area (Å²) >= 11 is 0. The standard InChI is InChI=1S/C23H18O3S/c1-14(24)16-7-10-18(11-8-16)27-21-6-4-3-5-19(21)23(26)20-13-17(15(2)25)9-12-22(20)27/h3-13,19H,1-2H3. The molecule has 1 heterocycles. The van der Waals surface area contributed by atoms with Gasteiger partial charge in [0.25, 0.3) is 0 Å². The van der Waals surface area contributed by atoms with Gasteiger partial charge in [-0.05, 0) is 43.0 Å². The zero-order valence-electron chi connectivity index (χ0n) is 15.1. The first-order valence-electron chi connectivity index (χ1n) is 8.73. The van der Waals surface area contributed by atoms with Crippen molar-refractivity contribution in [2.45, 2.75) is 23.6 Å². The van der Waals surface area contributed by atoms with Crippen LogP contribution in [-0.4, -0.2) is 22.2 Å². The van der Waals surface area contributed by atoms with Gasteiger partial charge in [0.05, 0.1) is 5.92 Å². The quantitative estimate of drug-likeness (QED) is 0.568. The van der Waals surface area contributed by atoms with Crippen molar-refractivity contribution in [3.63, 3.8) is 0 Å². The summed E-state index contributed by atoms with van der Waals surface area (Å²) in [6.07, 6.45) is 7.79. The van der Waals surface area contributed by atoms with Gasteiger partial charge in [-0.25, -0.2) is 0 Å². The van der Waals surface area contributed by atoms with Crippen molar-refractivity contribution in [2.24, 2.45) is 5.92 Å². The van der Waals surface area contributed by atoms with Crippen molar-refractivity contribution >= 4 is 32.7 Å². The summed E-state index contributed by atoms with van der Waals surface area (Å²) in [5.74, 6) is -0.292. The second-order valence-electron chi connectivity index (χ2n) is 6.64. The molecule has 2 atom stereocenters. The lowest BCUT2D eigenvalue weighted by molar-refractivity contribution is 0.0968. The molecule has 0 bridgehead atoms. The number of allylic oxidation sites excluding steroid dienone is 4. The molecular weight excluding hydrogens is 356 g/mol. The number of Topliss-reactive ketones (excluding diaryl/α,β-unsaturated/α-hetero) is 3. The summed E-state index contributed by atoms with van der Waals surface area (Å²) < 4.78 is 0. The van der Waals surface area contributed by atoms with Gasteiger partial charge in [0, 0.05) is 26.5 Å². The maximum absolute atomic E-state index is 13.1. The van der Waals surface area contributed by atoms with Crippen LogP contribution in [-0.2, 0) is 0 Å². The predicted octanol–water partition coefficient (Wildman–Crippen LogP) is 4.89. The van der Waals surface area contributed by atoms with Crippen LogP contribution in [0, 0.1) is 5.92 Å². The fourth-order valence-electron chi connectivity index (χ4n) is 3.44. The molecule has 0 aromatic heterocycles. The third-order valence-corrected chi connectivity index (χ3v) is 7.27. The van der Waals surface area contributed by atoms with Gasteiger partial charge < -0.3 is 0 Å². The van der Waals surface area contributed by atoms with Crippen molar-refractivity contribution in [3.8, 4) is 0 Å². The average Bonchev–Trinajstić information content (AvgIpc) is 2.68. The van der Waals surface area contributed by atoms with E-state index >= 15 is 0 Å². The molecule has 0 saturated heterocycles. The highest BCUT2D eigenvalue weighted by atomic mass is 32.2. The van der Waals surface area contributed by atoms with Crippen molar-refractivity contribution in [1.29, 1.82) is 0 Å². The Kier molecular flexibility index (Phi) is 4.36. The fraction of sp³-hybridized carbons (Fsp3) is 0.130. The molecule has 2 unspecified atom stereocenters. The first kappa shape index (κ1) is 17.6. The highest BCUT2D eigenvalue weighted by Crippen LogP contribution is 2.46. The van der Waals surface area contributed by atoms with Gasteiger partial charge in [-0.2, -0.15) is 0 Å². The van der Waals surface area contributed by atoms with E-state index < -0.39 is 10.5 Å². The molecule has 4 heteroatoms. The molecule has 27 heavy (non-hydrogen) atoms. The minimum absolute atomic E-state index is 0.0289. The molecular formula is C23H18O3S. The molecule has 0 radical (unpaired) electrons. The zero-order chi connectivity index (χ0) is 19.1. The minimum atomic E-state index is -0.428. The normalized spacial score (nSPS) is 20.2. The maximum Gasteiger partial charge on any atom is 0.175 e. The Labute approximate surface area is 160 Å². The molecule has 3 nitrogen and oxygen atoms in total. The predicted molar refractivity (Wildman–Crippen MR) is 108 cm³/mol. The molecule has 2 aromatic carbocycles. The minimum Gasteiger partial charge on any atom is -0.295 e. The van der Waals surface area contributed by atoms with Gasteiger partial charge in [0.1, 0.15) is 0 Å².